The minimum atomic E-state index is -1.80. The maximum absolute atomic E-state index is 13.2. The van der Waals surface area contributed by atoms with Crippen LogP contribution in [-0.2, 0) is 9.59 Å². The maximum Gasteiger partial charge on any atom is 0.305 e. The van der Waals surface area contributed by atoms with Crippen molar-refractivity contribution in [3.63, 3.8) is 0 Å². The van der Waals surface area contributed by atoms with Gasteiger partial charge in [-0.25, -0.2) is 8.78 Å². The molecule has 10 heteroatoms. The molecule has 1 aromatic carbocycles. The first-order valence-electron chi connectivity index (χ1n) is 5.20. The van der Waals surface area contributed by atoms with Crippen molar-refractivity contribution >= 4 is 24.2 Å². The van der Waals surface area contributed by atoms with Crippen LogP contribution < -0.4 is 10.5 Å². The fraction of sp³-hybridized carbons (Fsp3) is 0.273. The molecule has 0 aliphatic heterocycles. The van der Waals surface area contributed by atoms with E-state index >= 15 is 0 Å². The molecular formula is C11H10ClF4NO4. The van der Waals surface area contributed by atoms with Crippen molar-refractivity contribution in [2.24, 2.45) is 5.73 Å². The summed E-state index contributed by atoms with van der Waals surface area (Å²) in [5.74, 6) is -10.7. The Bertz CT molecular complexity index is 529. The zero-order valence-corrected chi connectivity index (χ0v) is 11.1. The lowest BCUT2D eigenvalue weighted by atomic mass is 10.1. The number of hydrogen-bond acceptors (Lipinski definition) is 4. The molecule has 118 valence electrons. The molecule has 0 aromatic heterocycles. The largest absolute Gasteiger partial charge is 0.481 e. The van der Waals surface area contributed by atoms with E-state index in [0.29, 0.717) is 0 Å². The van der Waals surface area contributed by atoms with Crippen LogP contribution in [0, 0.1) is 23.3 Å². The minimum Gasteiger partial charge on any atom is -0.481 e. The highest BCUT2D eigenvalue weighted by molar-refractivity contribution is 5.88. The summed E-state index contributed by atoms with van der Waals surface area (Å²) in [6.07, 6.45) is -0.718. The van der Waals surface area contributed by atoms with Gasteiger partial charge in [0.05, 0.1) is 12.5 Å². The number of Topliss-reactive ketones (excluding diaryl/α,β-unsaturated/α-hetero) is 1. The number of ketones is 1. The van der Waals surface area contributed by atoms with Crippen LogP contribution in [0.2, 0.25) is 0 Å². The molecule has 0 amide bonds. The zero-order chi connectivity index (χ0) is 15.4. The normalized spacial score (nSPS) is 11.5. The van der Waals surface area contributed by atoms with E-state index in [1.807, 2.05) is 0 Å². The first kappa shape index (κ1) is 19.1. The van der Waals surface area contributed by atoms with Crippen molar-refractivity contribution in [2.45, 2.75) is 12.5 Å². The zero-order valence-electron chi connectivity index (χ0n) is 10.2. The van der Waals surface area contributed by atoms with Crippen molar-refractivity contribution in [1.82, 2.24) is 0 Å². The third kappa shape index (κ3) is 4.87. The Morgan fingerprint density at radius 1 is 1.19 bits per heavy atom. The second-order valence-electron chi connectivity index (χ2n) is 3.76. The molecule has 0 spiro atoms. The molecule has 0 unspecified atom stereocenters. The summed E-state index contributed by atoms with van der Waals surface area (Å²) < 4.78 is 56.3. The van der Waals surface area contributed by atoms with Crippen LogP contribution in [0.5, 0.6) is 5.75 Å². The number of nitrogens with two attached hydrogens (primary N) is 1. The molecule has 21 heavy (non-hydrogen) atoms. The van der Waals surface area contributed by atoms with Crippen molar-refractivity contribution in [2.75, 3.05) is 6.61 Å². The summed E-state index contributed by atoms with van der Waals surface area (Å²) >= 11 is 0. The van der Waals surface area contributed by atoms with Gasteiger partial charge in [0.2, 0.25) is 11.6 Å². The first-order chi connectivity index (χ1) is 9.23. The van der Waals surface area contributed by atoms with Gasteiger partial charge in [-0.05, 0) is 0 Å². The second-order valence-corrected chi connectivity index (χ2v) is 3.76. The van der Waals surface area contributed by atoms with Crippen LogP contribution in [0.4, 0.5) is 17.6 Å². The standard InChI is InChI=1S/C11H9F4NO4.ClH/c12-4-1-5(13)10(15)11(9(4)14)20-3-7(17)6(16)2-8(18)19;/h1,6H,2-3,16H2,(H,18,19);1H/t6-;/m0./s1. The number of rotatable bonds is 6. The third-order valence-electron chi connectivity index (χ3n) is 2.24. The van der Waals surface area contributed by atoms with Crippen LogP contribution in [0.1, 0.15) is 6.42 Å². The highest BCUT2D eigenvalue weighted by atomic mass is 35.5. The number of aliphatic carboxylic acids is 1. The average molecular weight is 332 g/mol. The van der Waals surface area contributed by atoms with Gasteiger partial charge in [-0.2, -0.15) is 8.78 Å². The maximum atomic E-state index is 13.2. The topological polar surface area (TPSA) is 89.6 Å². The van der Waals surface area contributed by atoms with Gasteiger partial charge in [-0.3, -0.25) is 9.59 Å². The lowest BCUT2D eigenvalue weighted by Gasteiger charge is -2.11. The van der Waals surface area contributed by atoms with Gasteiger partial charge in [0, 0.05) is 6.07 Å². The number of hydrogen-bond donors (Lipinski definition) is 2. The van der Waals surface area contributed by atoms with E-state index in [9.17, 15) is 27.2 Å². The highest BCUT2D eigenvalue weighted by Gasteiger charge is 2.23. The van der Waals surface area contributed by atoms with Gasteiger partial charge in [-0.1, -0.05) is 0 Å². The van der Waals surface area contributed by atoms with Gasteiger partial charge in [0.15, 0.2) is 23.2 Å². The van der Waals surface area contributed by atoms with Crippen molar-refractivity contribution in [3.8, 4) is 5.75 Å². The fourth-order valence-corrected chi connectivity index (χ4v) is 1.23. The Balaban J connectivity index is 0.00000400. The number of halogens is 5. The van der Waals surface area contributed by atoms with E-state index in [4.69, 9.17) is 10.8 Å². The quantitative estimate of drug-likeness (QED) is 0.608. The Kier molecular flexibility index (Phi) is 7.10. The average Bonchev–Trinajstić information content (AvgIpc) is 2.35. The molecule has 0 bridgehead atoms. The van der Waals surface area contributed by atoms with E-state index in [2.05, 4.69) is 4.74 Å². The lowest BCUT2D eigenvalue weighted by molar-refractivity contribution is -0.139. The van der Waals surface area contributed by atoms with E-state index in [0.717, 1.165) is 0 Å². The molecular weight excluding hydrogens is 322 g/mol. The number of benzene rings is 1. The van der Waals surface area contributed by atoms with Crippen molar-refractivity contribution in [1.29, 1.82) is 0 Å². The van der Waals surface area contributed by atoms with Crippen LogP contribution in [-0.4, -0.2) is 29.5 Å². The van der Waals surface area contributed by atoms with Gasteiger partial charge in [0.1, 0.15) is 6.61 Å². The second kappa shape index (κ2) is 7.79. The Morgan fingerprint density at radius 3 is 2.10 bits per heavy atom. The molecule has 0 fully saturated rings. The molecule has 5 nitrogen and oxygen atoms in total. The summed E-state index contributed by atoms with van der Waals surface area (Å²) in [5.41, 5.74) is 5.17. The van der Waals surface area contributed by atoms with Crippen LogP contribution >= 0.6 is 12.4 Å². The molecule has 1 aromatic rings. The fourth-order valence-electron chi connectivity index (χ4n) is 1.23. The smallest absolute Gasteiger partial charge is 0.305 e. The minimum absolute atomic E-state index is 0. The number of carboxylic acid groups (broad SMARTS) is 1. The van der Waals surface area contributed by atoms with E-state index in [1.54, 1.807) is 0 Å². The predicted molar refractivity (Wildman–Crippen MR) is 64.3 cm³/mol. The van der Waals surface area contributed by atoms with E-state index in [-0.39, 0.29) is 18.5 Å². The SMILES string of the molecule is Cl.N[C@@H](CC(=O)O)C(=O)COc1c(F)c(F)cc(F)c1F. The van der Waals surface area contributed by atoms with Gasteiger partial charge in [0.25, 0.3) is 0 Å². The Hall–Kier alpha value is -1.87. The molecule has 0 saturated heterocycles. The summed E-state index contributed by atoms with van der Waals surface area (Å²) in [7, 11) is 0. The monoisotopic (exact) mass is 331 g/mol. The van der Waals surface area contributed by atoms with Crippen LogP contribution in [0.15, 0.2) is 6.07 Å². The predicted octanol–water partition coefficient (Wildman–Crippen LogP) is 1.41. The Morgan fingerprint density at radius 2 is 1.67 bits per heavy atom. The van der Waals surface area contributed by atoms with E-state index in [1.165, 1.54) is 0 Å². The number of carbonyl (C=O) groups is 2. The van der Waals surface area contributed by atoms with Gasteiger partial charge in [-0.15, -0.1) is 12.4 Å². The lowest BCUT2D eigenvalue weighted by Crippen LogP contribution is -2.36. The summed E-state index contributed by atoms with van der Waals surface area (Å²) in [6.45, 7) is -1.02. The third-order valence-corrected chi connectivity index (χ3v) is 2.24. The molecule has 1 atom stereocenters. The highest BCUT2D eigenvalue weighted by Crippen LogP contribution is 2.26. The van der Waals surface area contributed by atoms with Crippen molar-refractivity contribution in [3.05, 3.63) is 29.3 Å². The first-order valence-corrected chi connectivity index (χ1v) is 5.20. The molecule has 0 heterocycles. The number of ether oxygens (including phenoxy) is 1. The van der Waals surface area contributed by atoms with Crippen LogP contribution in [0.25, 0.3) is 0 Å². The van der Waals surface area contributed by atoms with Crippen molar-refractivity contribution < 1.29 is 37.0 Å². The van der Waals surface area contributed by atoms with Gasteiger partial charge >= 0.3 is 5.97 Å². The summed E-state index contributed by atoms with van der Waals surface area (Å²) in [5, 5.41) is 8.39. The Labute approximate surface area is 122 Å². The molecule has 0 aliphatic carbocycles. The van der Waals surface area contributed by atoms with Gasteiger partial charge < -0.3 is 15.6 Å². The molecule has 1 rings (SSSR count). The number of carbonyl (C=O) groups excluding carboxylic acids is 1. The molecule has 3 N–H and O–H groups in total. The summed E-state index contributed by atoms with van der Waals surface area (Å²) in [6, 6.07) is -1.48. The van der Waals surface area contributed by atoms with Crippen LogP contribution in [0.3, 0.4) is 0 Å². The van der Waals surface area contributed by atoms with E-state index < -0.39 is 59.8 Å². The molecule has 0 aliphatic rings. The number of carboxylic acids is 1. The molecule has 0 radical (unpaired) electrons. The molecule has 0 saturated carbocycles. The summed E-state index contributed by atoms with van der Waals surface area (Å²) in [4.78, 5) is 21.6.